The molecule has 0 atom stereocenters. The molecule has 0 bridgehead atoms. The highest BCUT2D eigenvalue weighted by Gasteiger charge is 2.15. The maximum absolute atomic E-state index is 4.19. The monoisotopic (exact) mass is 178 g/mol. The van der Waals surface area contributed by atoms with E-state index in [0.29, 0.717) is 5.41 Å². The van der Waals surface area contributed by atoms with E-state index in [4.69, 9.17) is 0 Å². The predicted molar refractivity (Wildman–Crippen MR) is 54.5 cm³/mol. The Kier molecular flexibility index (Phi) is 3.02. The van der Waals surface area contributed by atoms with Crippen molar-refractivity contribution in [2.45, 2.75) is 40.5 Å². The largest absolute Gasteiger partial charge is 0.241 e. The van der Waals surface area contributed by atoms with E-state index < -0.39 is 0 Å². The average Bonchev–Trinajstić information content (AvgIpc) is 2.09. The van der Waals surface area contributed by atoms with E-state index in [2.05, 4.69) is 30.7 Å². The topological polar surface area (TPSA) is 25.8 Å². The lowest BCUT2D eigenvalue weighted by Crippen LogP contribution is -2.13. The minimum absolute atomic E-state index is 0.360. The first-order valence-electron chi connectivity index (χ1n) is 4.81. The number of aromatic nitrogens is 2. The van der Waals surface area contributed by atoms with Crippen molar-refractivity contribution in [3.8, 4) is 0 Å². The number of hydrogen-bond donors (Lipinski definition) is 0. The van der Waals surface area contributed by atoms with Crippen molar-refractivity contribution in [2.24, 2.45) is 5.41 Å². The van der Waals surface area contributed by atoms with Crippen LogP contribution in [0.4, 0.5) is 0 Å². The van der Waals surface area contributed by atoms with Crippen molar-refractivity contribution in [1.82, 2.24) is 9.97 Å². The van der Waals surface area contributed by atoms with Gasteiger partial charge in [0.1, 0.15) is 5.82 Å². The van der Waals surface area contributed by atoms with E-state index in [-0.39, 0.29) is 0 Å². The lowest BCUT2D eigenvalue weighted by Gasteiger charge is -2.21. The molecule has 0 aliphatic rings. The fourth-order valence-electron chi connectivity index (χ4n) is 1.19. The molecule has 0 N–H and O–H groups in total. The fourth-order valence-corrected chi connectivity index (χ4v) is 1.19. The molecular formula is C11H18N2. The second-order valence-corrected chi connectivity index (χ2v) is 4.33. The van der Waals surface area contributed by atoms with Crippen molar-refractivity contribution in [1.29, 1.82) is 0 Å². The van der Waals surface area contributed by atoms with Crippen molar-refractivity contribution in [3.63, 3.8) is 0 Å². The highest BCUT2D eigenvalue weighted by atomic mass is 14.8. The highest BCUT2D eigenvalue weighted by Crippen LogP contribution is 2.24. The van der Waals surface area contributed by atoms with Gasteiger partial charge < -0.3 is 0 Å². The molecule has 0 radical (unpaired) electrons. The molecule has 2 heteroatoms. The van der Waals surface area contributed by atoms with Gasteiger partial charge in [-0.15, -0.1) is 0 Å². The third-order valence-corrected chi connectivity index (χ3v) is 2.47. The van der Waals surface area contributed by atoms with E-state index in [0.717, 1.165) is 12.2 Å². The van der Waals surface area contributed by atoms with Gasteiger partial charge in [-0.3, -0.25) is 0 Å². The second-order valence-electron chi connectivity index (χ2n) is 4.33. The van der Waals surface area contributed by atoms with E-state index in [1.807, 2.05) is 19.3 Å². The van der Waals surface area contributed by atoms with Crippen LogP contribution >= 0.6 is 0 Å². The summed E-state index contributed by atoms with van der Waals surface area (Å²) >= 11 is 0. The number of nitrogens with zero attached hydrogens (tertiary/aromatic N) is 2. The zero-order chi connectivity index (χ0) is 9.90. The summed E-state index contributed by atoms with van der Waals surface area (Å²) in [6, 6.07) is 0. The van der Waals surface area contributed by atoms with Gasteiger partial charge in [0.15, 0.2) is 0 Å². The molecule has 0 amide bonds. The molecule has 1 aromatic heterocycles. The average molecular weight is 178 g/mol. The van der Waals surface area contributed by atoms with Crippen LogP contribution in [0.3, 0.4) is 0 Å². The zero-order valence-electron chi connectivity index (χ0n) is 8.96. The Labute approximate surface area is 80.4 Å². The first-order chi connectivity index (χ1) is 6.03. The molecule has 0 saturated carbocycles. The Bertz CT molecular complexity index is 262. The first-order valence-corrected chi connectivity index (χ1v) is 4.81. The summed E-state index contributed by atoms with van der Waals surface area (Å²) in [4.78, 5) is 8.37. The van der Waals surface area contributed by atoms with Crippen LogP contribution < -0.4 is 0 Å². The van der Waals surface area contributed by atoms with Gasteiger partial charge in [0.25, 0.3) is 0 Å². The van der Waals surface area contributed by atoms with E-state index in [9.17, 15) is 0 Å². The molecule has 0 fully saturated rings. The van der Waals surface area contributed by atoms with Crippen LogP contribution in [0.2, 0.25) is 0 Å². The van der Waals surface area contributed by atoms with Crippen LogP contribution in [0, 0.1) is 12.3 Å². The summed E-state index contributed by atoms with van der Waals surface area (Å²) in [5, 5.41) is 0. The molecule has 0 saturated heterocycles. The predicted octanol–water partition coefficient (Wildman–Crippen LogP) is 2.76. The van der Waals surface area contributed by atoms with Gasteiger partial charge in [0, 0.05) is 12.4 Å². The summed E-state index contributed by atoms with van der Waals surface area (Å²) in [6.45, 7) is 8.67. The minimum atomic E-state index is 0.360. The number of aryl methyl sites for hydroxylation is 1. The molecule has 0 spiro atoms. The quantitative estimate of drug-likeness (QED) is 0.711. The lowest BCUT2D eigenvalue weighted by molar-refractivity contribution is 0.348. The lowest BCUT2D eigenvalue weighted by atomic mass is 9.84. The van der Waals surface area contributed by atoms with Gasteiger partial charge in [-0.1, -0.05) is 27.2 Å². The summed E-state index contributed by atoms with van der Waals surface area (Å²) in [5.74, 6) is 0.845. The summed E-state index contributed by atoms with van der Waals surface area (Å²) in [5.41, 5.74) is 1.59. The van der Waals surface area contributed by atoms with Gasteiger partial charge in [0.2, 0.25) is 0 Å². The molecule has 2 nitrogen and oxygen atoms in total. The van der Waals surface area contributed by atoms with E-state index in [1.165, 1.54) is 12.0 Å². The summed E-state index contributed by atoms with van der Waals surface area (Å²) in [6.07, 6.45) is 6.10. The van der Waals surface area contributed by atoms with Crippen LogP contribution in [0.15, 0.2) is 12.4 Å². The minimum Gasteiger partial charge on any atom is -0.241 e. The first kappa shape index (κ1) is 10.2. The maximum Gasteiger partial charge on any atom is 0.125 e. The fraction of sp³-hybridized carbons (Fsp3) is 0.636. The van der Waals surface area contributed by atoms with E-state index >= 15 is 0 Å². The Morgan fingerprint density at radius 2 is 1.77 bits per heavy atom. The second kappa shape index (κ2) is 3.86. The molecule has 0 aliphatic heterocycles. The van der Waals surface area contributed by atoms with Crippen LogP contribution in [0.1, 0.15) is 38.6 Å². The SMILES string of the molecule is CCC(C)(C)Cc1cnc(C)nc1. The third-order valence-electron chi connectivity index (χ3n) is 2.47. The van der Waals surface area contributed by atoms with Crippen LogP contribution in [0.5, 0.6) is 0 Å². The number of hydrogen-bond acceptors (Lipinski definition) is 2. The summed E-state index contributed by atoms with van der Waals surface area (Å²) in [7, 11) is 0. The van der Waals surface area contributed by atoms with Crippen LogP contribution in [0.25, 0.3) is 0 Å². The van der Waals surface area contributed by atoms with Crippen LogP contribution in [-0.4, -0.2) is 9.97 Å². The smallest absolute Gasteiger partial charge is 0.125 e. The molecule has 72 valence electrons. The molecular weight excluding hydrogens is 160 g/mol. The highest BCUT2D eigenvalue weighted by molar-refractivity contribution is 5.07. The van der Waals surface area contributed by atoms with Crippen molar-refractivity contribution in [3.05, 3.63) is 23.8 Å². The van der Waals surface area contributed by atoms with Gasteiger partial charge in [-0.05, 0) is 24.3 Å². The van der Waals surface area contributed by atoms with Gasteiger partial charge >= 0.3 is 0 Å². The molecule has 1 rings (SSSR count). The zero-order valence-corrected chi connectivity index (χ0v) is 8.96. The van der Waals surface area contributed by atoms with E-state index in [1.54, 1.807) is 0 Å². The molecule has 1 heterocycles. The van der Waals surface area contributed by atoms with Crippen molar-refractivity contribution >= 4 is 0 Å². The van der Waals surface area contributed by atoms with Crippen molar-refractivity contribution < 1.29 is 0 Å². The van der Waals surface area contributed by atoms with Crippen LogP contribution in [-0.2, 0) is 6.42 Å². The van der Waals surface area contributed by atoms with Gasteiger partial charge in [-0.2, -0.15) is 0 Å². The Morgan fingerprint density at radius 3 is 2.23 bits per heavy atom. The molecule has 0 unspecified atom stereocenters. The standard InChI is InChI=1S/C11H18N2/c1-5-11(3,4)6-10-7-12-9(2)13-8-10/h7-8H,5-6H2,1-4H3. The van der Waals surface area contributed by atoms with Gasteiger partial charge in [-0.25, -0.2) is 9.97 Å². The molecule has 13 heavy (non-hydrogen) atoms. The maximum atomic E-state index is 4.19. The summed E-state index contributed by atoms with van der Waals surface area (Å²) < 4.78 is 0. The van der Waals surface area contributed by atoms with Crippen molar-refractivity contribution in [2.75, 3.05) is 0 Å². The molecule has 1 aromatic rings. The Balaban J connectivity index is 2.69. The molecule has 0 aliphatic carbocycles. The normalized spacial score (nSPS) is 11.7. The Morgan fingerprint density at radius 1 is 1.23 bits per heavy atom. The third kappa shape index (κ3) is 3.13. The van der Waals surface area contributed by atoms with Gasteiger partial charge in [0.05, 0.1) is 0 Å². The number of rotatable bonds is 3. The Hall–Kier alpha value is -0.920. The molecule has 0 aromatic carbocycles.